The lowest BCUT2D eigenvalue weighted by molar-refractivity contribution is -0.140. The maximum absolute atomic E-state index is 13.5. The van der Waals surface area contributed by atoms with Gasteiger partial charge >= 0.3 is 0 Å². The zero-order valence-electron chi connectivity index (χ0n) is 18.5. The first-order valence-electron chi connectivity index (χ1n) is 10.2. The van der Waals surface area contributed by atoms with E-state index in [0.29, 0.717) is 34.3 Å². The quantitative estimate of drug-likeness (QED) is 0.399. The topological polar surface area (TPSA) is 86.8 Å². The molecule has 0 unspecified atom stereocenters. The predicted molar refractivity (Wildman–Crippen MR) is 141 cm³/mol. The van der Waals surface area contributed by atoms with Gasteiger partial charge in [-0.3, -0.25) is 13.9 Å². The molecule has 2 aromatic rings. The van der Waals surface area contributed by atoms with E-state index in [1.165, 1.54) is 4.90 Å². The Kier molecular flexibility index (Phi) is 10.3. The number of hydrogen-bond donors (Lipinski definition) is 1. The molecule has 2 amide bonds. The summed E-state index contributed by atoms with van der Waals surface area (Å²) < 4.78 is 27.0. The van der Waals surface area contributed by atoms with E-state index in [1.807, 2.05) is 0 Å². The average Bonchev–Trinajstić information content (AvgIpc) is 2.74. The van der Waals surface area contributed by atoms with Gasteiger partial charge in [0.15, 0.2) is 0 Å². The van der Waals surface area contributed by atoms with Crippen LogP contribution in [0.5, 0.6) is 0 Å². The van der Waals surface area contributed by atoms with Crippen molar-refractivity contribution < 1.29 is 18.0 Å². The molecule has 0 radical (unpaired) electrons. The number of halogens is 3. The summed E-state index contributed by atoms with van der Waals surface area (Å²) in [5, 5.41) is 3.44. The second-order valence-corrected chi connectivity index (χ2v) is 11.3. The fraction of sp³-hybridized carbons (Fsp3) is 0.364. The monoisotopic (exact) mass is 625 g/mol. The number of carbonyl (C=O) groups excluding carboxylic acids is 2. The molecule has 0 aliphatic rings. The minimum atomic E-state index is -3.76. The highest BCUT2D eigenvalue weighted by atomic mass is 127. The number of benzene rings is 2. The van der Waals surface area contributed by atoms with Gasteiger partial charge in [-0.2, -0.15) is 0 Å². The van der Waals surface area contributed by atoms with Crippen LogP contribution in [0, 0.1) is 3.57 Å². The lowest BCUT2D eigenvalue weighted by atomic mass is 10.1. The van der Waals surface area contributed by atoms with Crippen molar-refractivity contribution in [3.63, 3.8) is 0 Å². The van der Waals surface area contributed by atoms with Crippen LogP contribution in [-0.2, 0) is 26.2 Å². The van der Waals surface area contributed by atoms with Crippen LogP contribution in [-0.4, -0.2) is 50.5 Å². The molecule has 7 nitrogen and oxygen atoms in total. The smallest absolute Gasteiger partial charge is 0.244 e. The van der Waals surface area contributed by atoms with Crippen molar-refractivity contribution in [1.29, 1.82) is 0 Å². The van der Waals surface area contributed by atoms with Crippen molar-refractivity contribution in [2.45, 2.75) is 32.9 Å². The van der Waals surface area contributed by atoms with Gasteiger partial charge in [0.2, 0.25) is 21.8 Å². The Hall–Kier alpha value is -1.56. The first-order valence-corrected chi connectivity index (χ1v) is 13.9. The highest BCUT2D eigenvalue weighted by Crippen LogP contribution is 2.25. The van der Waals surface area contributed by atoms with E-state index >= 15 is 0 Å². The minimum absolute atomic E-state index is 0.0651. The highest BCUT2D eigenvalue weighted by molar-refractivity contribution is 14.1. The van der Waals surface area contributed by atoms with Gasteiger partial charge in [0.25, 0.3) is 0 Å². The van der Waals surface area contributed by atoms with Crippen LogP contribution in [0.3, 0.4) is 0 Å². The Morgan fingerprint density at radius 2 is 1.70 bits per heavy atom. The van der Waals surface area contributed by atoms with Crippen LogP contribution < -0.4 is 9.62 Å². The Labute approximate surface area is 218 Å². The molecule has 2 rings (SSSR count). The summed E-state index contributed by atoms with van der Waals surface area (Å²) in [4.78, 5) is 27.6. The van der Waals surface area contributed by atoms with Crippen LogP contribution in [0.15, 0.2) is 42.5 Å². The van der Waals surface area contributed by atoms with Crippen molar-refractivity contribution in [3.8, 4) is 0 Å². The maximum atomic E-state index is 13.5. The van der Waals surface area contributed by atoms with E-state index in [4.69, 9.17) is 23.2 Å². The van der Waals surface area contributed by atoms with E-state index in [2.05, 4.69) is 27.9 Å². The summed E-state index contributed by atoms with van der Waals surface area (Å²) in [5.41, 5.74) is 1.03. The number of carbonyl (C=O) groups is 2. The Morgan fingerprint density at radius 1 is 1.06 bits per heavy atom. The van der Waals surface area contributed by atoms with Crippen LogP contribution in [0.2, 0.25) is 10.0 Å². The third-order valence-corrected chi connectivity index (χ3v) is 7.47. The Bertz CT molecular complexity index is 1100. The van der Waals surface area contributed by atoms with Gasteiger partial charge in [-0.05, 0) is 77.9 Å². The van der Waals surface area contributed by atoms with Crippen molar-refractivity contribution in [1.82, 2.24) is 10.2 Å². The second kappa shape index (κ2) is 12.2. The van der Waals surface area contributed by atoms with Crippen LogP contribution >= 0.6 is 45.8 Å². The molecule has 0 heterocycles. The maximum Gasteiger partial charge on any atom is 0.244 e. The number of rotatable bonds is 10. The number of anilines is 1. The summed E-state index contributed by atoms with van der Waals surface area (Å²) in [6.45, 7) is 3.61. The number of likely N-dealkylation sites (N-methyl/N-ethyl adjacent to an activating group) is 1. The van der Waals surface area contributed by atoms with E-state index in [1.54, 1.807) is 56.3 Å². The molecule has 11 heteroatoms. The molecule has 0 aliphatic heterocycles. The summed E-state index contributed by atoms with van der Waals surface area (Å²) in [6.07, 6.45) is 1.39. The van der Waals surface area contributed by atoms with Gasteiger partial charge in [-0.15, -0.1) is 0 Å². The fourth-order valence-electron chi connectivity index (χ4n) is 3.27. The number of hydrogen-bond acceptors (Lipinski definition) is 4. The van der Waals surface area contributed by atoms with Gasteiger partial charge < -0.3 is 10.2 Å². The van der Waals surface area contributed by atoms with Crippen molar-refractivity contribution in [2.24, 2.45) is 0 Å². The van der Waals surface area contributed by atoms with Gasteiger partial charge in [0.05, 0.1) is 22.0 Å². The van der Waals surface area contributed by atoms with Gasteiger partial charge in [0, 0.05) is 16.7 Å². The molecule has 180 valence electrons. The third kappa shape index (κ3) is 7.73. The zero-order chi connectivity index (χ0) is 24.8. The number of amides is 2. The number of sulfonamides is 1. The van der Waals surface area contributed by atoms with Crippen LogP contribution in [0.4, 0.5) is 5.69 Å². The average molecular weight is 626 g/mol. The van der Waals surface area contributed by atoms with Gasteiger partial charge in [-0.25, -0.2) is 8.42 Å². The first kappa shape index (κ1) is 27.7. The standard InChI is InChI=1S/C22H26Cl2IN3O4S/c1-4-20(22(30)26-5-2)27(13-15-6-11-18(23)19(24)12-15)21(29)14-28(33(3,31)32)17-9-7-16(25)8-10-17/h6-12,20H,4-5,13-14H2,1-3H3,(H,26,30)/t20-/m0/s1. The molecule has 1 N–H and O–H groups in total. The third-order valence-electron chi connectivity index (χ3n) is 4.87. The fourth-order valence-corrected chi connectivity index (χ4v) is 4.80. The molecule has 33 heavy (non-hydrogen) atoms. The molecule has 0 aliphatic carbocycles. The van der Waals surface area contributed by atoms with E-state index in [9.17, 15) is 18.0 Å². The molecule has 1 atom stereocenters. The minimum Gasteiger partial charge on any atom is -0.355 e. The van der Waals surface area contributed by atoms with Crippen molar-refractivity contribution >= 4 is 73.3 Å². The molecule has 0 spiro atoms. The molecule has 2 aromatic carbocycles. The highest BCUT2D eigenvalue weighted by Gasteiger charge is 2.31. The molecular weight excluding hydrogens is 600 g/mol. The van der Waals surface area contributed by atoms with Crippen LogP contribution in [0.1, 0.15) is 25.8 Å². The molecule has 0 bridgehead atoms. The SMILES string of the molecule is CCNC(=O)[C@H](CC)N(Cc1ccc(Cl)c(Cl)c1)C(=O)CN(c1ccc(I)cc1)S(C)(=O)=O. The summed E-state index contributed by atoms with van der Waals surface area (Å²) >= 11 is 14.3. The van der Waals surface area contributed by atoms with E-state index in [-0.39, 0.29) is 12.5 Å². The Balaban J connectivity index is 2.44. The lowest BCUT2D eigenvalue weighted by Crippen LogP contribution is -2.52. The lowest BCUT2D eigenvalue weighted by Gasteiger charge is -2.32. The van der Waals surface area contributed by atoms with Gasteiger partial charge in [-0.1, -0.05) is 36.2 Å². The van der Waals surface area contributed by atoms with Crippen molar-refractivity contribution in [2.75, 3.05) is 23.7 Å². The molecule has 0 saturated carbocycles. The van der Waals surface area contributed by atoms with Gasteiger partial charge in [0.1, 0.15) is 12.6 Å². The first-order chi connectivity index (χ1) is 15.5. The summed E-state index contributed by atoms with van der Waals surface area (Å²) in [5.74, 6) is -0.822. The number of nitrogens with zero attached hydrogens (tertiary/aromatic N) is 2. The predicted octanol–water partition coefficient (Wildman–Crippen LogP) is 4.31. The molecular formula is C22H26Cl2IN3O4S. The van der Waals surface area contributed by atoms with Crippen LogP contribution in [0.25, 0.3) is 0 Å². The number of nitrogens with one attached hydrogen (secondary N) is 1. The second-order valence-electron chi connectivity index (χ2n) is 7.33. The summed E-state index contributed by atoms with van der Waals surface area (Å²) in [6, 6.07) is 11.0. The van der Waals surface area contributed by atoms with Crippen molar-refractivity contribution in [3.05, 3.63) is 61.6 Å². The van der Waals surface area contributed by atoms with E-state index < -0.39 is 28.5 Å². The summed E-state index contributed by atoms with van der Waals surface area (Å²) in [7, 11) is -3.76. The molecule has 0 aromatic heterocycles. The molecule has 0 saturated heterocycles. The zero-order valence-corrected chi connectivity index (χ0v) is 23.0. The van der Waals surface area contributed by atoms with E-state index in [0.717, 1.165) is 14.1 Å². The normalized spacial score (nSPS) is 12.2. The molecule has 0 fully saturated rings. The largest absolute Gasteiger partial charge is 0.355 e. The Morgan fingerprint density at radius 3 is 2.21 bits per heavy atom.